The third kappa shape index (κ3) is 5.98. The Labute approximate surface area is 168 Å². The summed E-state index contributed by atoms with van der Waals surface area (Å²) in [5.41, 5.74) is 4.37. The molecule has 3 nitrogen and oxygen atoms in total. The van der Waals surface area contributed by atoms with Gasteiger partial charge >= 0.3 is 6.03 Å². The third-order valence-electron chi connectivity index (χ3n) is 4.74. The number of nitrogens with zero attached hydrogens (tertiary/aromatic N) is 1. The summed E-state index contributed by atoms with van der Waals surface area (Å²) >= 11 is 0. The van der Waals surface area contributed by atoms with Crippen LogP contribution >= 0.6 is 0 Å². The van der Waals surface area contributed by atoms with Crippen molar-refractivity contribution in [3.8, 4) is 0 Å². The van der Waals surface area contributed by atoms with Gasteiger partial charge in [-0.05, 0) is 41.7 Å². The minimum absolute atomic E-state index is 0.0889. The van der Waals surface area contributed by atoms with Crippen molar-refractivity contribution in [2.24, 2.45) is 0 Å². The quantitative estimate of drug-likeness (QED) is 0.497. The summed E-state index contributed by atoms with van der Waals surface area (Å²) < 4.78 is 0. The van der Waals surface area contributed by atoms with E-state index in [1.807, 2.05) is 77.7 Å². The van der Waals surface area contributed by atoms with E-state index in [2.05, 4.69) is 24.4 Å². The molecule has 28 heavy (non-hydrogen) atoms. The predicted molar refractivity (Wildman–Crippen MR) is 116 cm³/mol. The standard InChI is InChI=1S/C25H28N2O/c1-2-3-10-21-15-17-24(18-16-21)26-25(28)27(19-22-11-6-4-7-12-22)20-23-13-8-5-9-14-23/h4-9,11-18H,2-3,10,19-20H2,1H3,(H,26,28). The van der Waals surface area contributed by atoms with Gasteiger partial charge in [0.05, 0.1) is 0 Å². The molecule has 3 aromatic rings. The molecule has 0 saturated heterocycles. The van der Waals surface area contributed by atoms with Gasteiger partial charge in [-0.1, -0.05) is 86.1 Å². The number of nitrogens with one attached hydrogen (secondary N) is 1. The second kappa shape index (κ2) is 10.3. The van der Waals surface area contributed by atoms with E-state index in [4.69, 9.17) is 0 Å². The first kappa shape index (κ1) is 19.7. The highest BCUT2D eigenvalue weighted by Crippen LogP contribution is 2.15. The van der Waals surface area contributed by atoms with Gasteiger partial charge in [-0.2, -0.15) is 0 Å². The number of anilines is 1. The topological polar surface area (TPSA) is 32.3 Å². The fraction of sp³-hybridized carbons (Fsp3) is 0.240. The monoisotopic (exact) mass is 372 g/mol. The first-order valence-corrected chi connectivity index (χ1v) is 9.97. The number of rotatable bonds is 8. The Kier molecular flexibility index (Phi) is 7.25. The zero-order valence-electron chi connectivity index (χ0n) is 16.5. The summed E-state index contributed by atoms with van der Waals surface area (Å²) in [5.74, 6) is 0. The normalized spacial score (nSPS) is 10.5. The Morgan fingerprint density at radius 3 is 1.79 bits per heavy atom. The molecule has 3 rings (SSSR count). The van der Waals surface area contributed by atoms with Gasteiger partial charge in [-0.25, -0.2) is 4.79 Å². The minimum Gasteiger partial charge on any atom is -0.316 e. The summed E-state index contributed by atoms with van der Waals surface area (Å²) in [4.78, 5) is 14.8. The van der Waals surface area contributed by atoms with Crippen molar-refractivity contribution in [1.82, 2.24) is 4.90 Å². The van der Waals surface area contributed by atoms with E-state index in [9.17, 15) is 4.79 Å². The van der Waals surface area contributed by atoms with Crippen LogP contribution < -0.4 is 5.32 Å². The molecule has 0 heterocycles. The summed E-state index contributed by atoms with van der Waals surface area (Å²) in [6.07, 6.45) is 3.46. The van der Waals surface area contributed by atoms with Crippen LogP contribution in [0.25, 0.3) is 0 Å². The summed E-state index contributed by atoms with van der Waals surface area (Å²) in [5, 5.41) is 3.05. The van der Waals surface area contributed by atoms with Crippen LogP contribution in [0.5, 0.6) is 0 Å². The van der Waals surface area contributed by atoms with E-state index >= 15 is 0 Å². The highest BCUT2D eigenvalue weighted by atomic mass is 16.2. The van der Waals surface area contributed by atoms with Crippen LogP contribution in [-0.4, -0.2) is 10.9 Å². The highest BCUT2D eigenvalue weighted by molar-refractivity contribution is 5.89. The second-order valence-corrected chi connectivity index (χ2v) is 7.06. The molecule has 0 bridgehead atoms. The molecule has 0 fully saturated rings. The molecule has 2 amide bonds. The van der Waals surface area contributed by atoms with Crippen LogP contribution in [0.4, 0.5) is 10.5 Å². The number of benzene rings is 3. The molecule has 0 aliphatic heterocycles. The number of unbranched alkanes of at least 4 members (excludes halogenated alkanes) is 1. The number of hydrogen-bond donors (Lipinski definition) is 1. The fourth-order valence-electron chi connectivity index (χ4n) is 3.15. The van der Waals surface area contributed by atoms with Crippen molar-refractivity contribution in [2.75, 3.05) is 5.32 Å². The van der Waals surface area contributed by atoms with Gasteiger partial charge in [0, 0.05) is 18.8 Å². The Balaban J connectivity index is 1.70. The molecule has 144 valence electrons. The number of carbonyl (C=O) groups excluding carboxylic acids is 1. The van der Waals surface area contributed by atoms with E-state index in [0.717, 1.165) is 23.2 Å². The molecule has 0 aliphatic carbocycles. The number of hydrogen-bond acceptors (Lipinski definition) is 1. The first-order chi connectivity index (χ1) is 13.7. The van der Waals surface area contributed by atoms with Crippen molar-refractivity contribution in [3.05, 3.63) is 102 Å². The Bertz CT molecular complexity index is 803. The molecule has 3 heteroatoms. The van der Waals surface area contributed by atoms with Crippen LogP contribution in [-0.2, 0) is 19.5 Å². The summed E-state index contributed by atoms with van der Waals surface area (Å²) in [6.45, 7) is 3.33. The van der Waals surface area contributed by atoms with E-state index < -0.39 is 0 Å². The van der Waals surface area contributed by atoms with Gasteiger partial charge < -0.3 is 10.2 Å². The van der Waals surface area contributed by atoms with Gasteiger partial charge in [0.1, 0.15) is 0 Å². The van der Waals surface area contributed by atoms with Gasteiger partial charge in [-0.15, -0.1) is 0 Å². The smallest absolute Gasteiger partial charge is 0.316 e. The van der Waals surface area contributed by atoms with Crippen molar-refractivity contribution >= 4 is 11.7 Å². The van der Waals surface area contributed by atoms with Gasteiger partial charge in [0.2, 0.25) is 0 Å². The molecule has 0 aliphatic rings. The number of amides is 2. The molecule has 1 N–H and O–H groups in total. The van der Waals surface area contributed by atoms with E-state index in [1.54, 1.807) is 0 Å². The average Bonchev–Trinajstić information content (AvgIpc) is 2.74. The second-order valence-electron chi connectivity index (χ2n) is 7.06. The number of aryl methyl sites for hydroxylation is 1. The minimum atomic E-state index is -0.0889. The van der Waals surface area contributed by atoms with Gasteiger partial charge in [-0.3, -0.25) is 0 Å². The van der Waals surface area contributed by atoms with Gasteiger partial charge in [0.15, 0.2) is 0 Å². The molecule has 0 spiro atoms. The lowest BCUT2D eigenvalue weighted by Gasteiger charge is -2.23. The largest absolute Gasteiger partial charge is 0.322 e. The number of urea groups is 1. The van der Waals surface area contributed by atoms with Crippen LogP contribution in [0.2, 0.25) is 0 Å². The Hall–Kier alpha value is -3.07. The third-order valence-corrected chi connectivity index (χ3v) is 4.74. The van der Waals surface area contributed by atoms with Crippen LogP contribution in [0.1, 0.15) is 36.5 Å². The fourth-order valence-corrected chi connectivity index (χ4v) is 3.15. The van der Waals surface area contributed by atoms with Crippen LogP contribution in [0.3, 0.4) is 0 Å². The van der Waals surface area contributed by atoms with Crippen molar-refractivity contribution in [3.63, 3.8) is 0 Å². The van der Waals surface area contributed by atoms with Crippen LogP contribution in [0, 0.1) is 0 Å². The van der Waals surface area contributed by atoms with Crippen molar-refractivity contribution in [2.45, 2.75) is 39.3 Å². The maximum absolute atomic E-state index is 13.0. The van der Waals surface area contributed by atoms with E-state index in [1.165, 1.54) is 18.4 Å². The number of carbonyl (C=O) groups is 1. The molecule has 0 saturated carbocycles. The lowest BCUT2D eigenvalue weighted by Crippen LogP contribution is -2.34. The molecule has 0 unspecified atom stereocenters. The maximum Gasteiger partial charge on any atom is 0.322 e. The van der Waals surface area contributed by atoms with E-state index in [0.29, 0.717) is 13.1 Å². The molecular formula is C25H28N2O. The lowest BCUT2D eigenvalue weighted by molar-refractivity contribution is 0.206. The van der Waals surface area contributed by atoms with Crippen LogP contribution in [0.15, 0.2) is 84.9 Å². The molecule has 0 atom stereocenters. The van der Waals surface area contributed by atoms with Crippen molar-refractivity contribution in [1.29, 1.82) is 0 Å². The first-order valence-electron chi connectivity index (χ1n) is 9.97. The SMILES string of the molecule is CCCCc1ccc(NC(=O)N(Cc2ccccc2)Cc2ccccc2)cc1. The Morgan fingerprint density at radius 1 is 0.750 bits per heavy atom. The summed E-state index contributed by atoms with van der Waals surface area (Å²) in [6, 6.07) is 28.3. The maximum atomic E-state index is 13.0. The zero-order chi connectivity index (χ0) is 19.6. The lowest BCUT2D eigenvalue weighted by atomic mass is 10.1. The Morgan fingerprint density at radius 2 is 1.29 bits per heavy atom. The van der Waals surface area contributed by atoms with Gasteiger partial charge in [0.25, 0.3) is 0 Å². The molecule has 3 aromatic carbocycles. The molecule has 0 aromatic heterocycles. The molecular weight excluding hydrogens is 344 g/mol. The summed E-state index contributed by atoms with van der Waals surface area (Å²) in [7, 11) is 0. The van der Waals surface area contributed by atoms with Crippen molar-refractivity contribution < 1.29 is 4.79 Å². The van der Waals surface area contributed by atoms with E-state index in [-0.39, 0.29) is 6.03 Å². The highest BCUT2D eigenvalue weighted by Gasteiger charge is 2.15. The average molecular weight is 373 g/mol. The molecule has 0 radical (unpaired) electrons. The predicted octanol–water partition coefficient (Wildman–Crippen LogP) is 6.26. The zero-order valence-corrected chi connectivity index (χ0v) is 16.5.